The van der Waals surface area contributed by atoms with Gasteiger partial charge in [-0.1, -0.05) is 24.3 Å². The number of aromatic nitrogens is 3. The lowest BCUT2D eigenvalue weighted by Crippen LogP contribution is -2.16. The van der Waals surface area contributed by atoms with E-state index in [-0.39, 0.29) is 12.2 Å². The van der Waals surface area contributed by atoms with Crippen LogP contribution < -0.4 is 10.6 Å². The molecule has 11 heteroatoms. The molecule has 2 aromatic heterocycles. The summed E-state index contributed by atoms with van der Waals surface area (Å²) in [7, 11) is 0. The molecule has 1 saturated carbocycles. The van der Waals surface area contributed by atoms with Crippen LogP contribution in [0.1, 0.15) is 42.5 Å². The summed E-state index contributed by atoms with van der Waals surface area (Å²) < 4.78 is 40.4. The second-order valence-corrected chi connectivity index (χ2v) is 8.34. The van der Waals surface area contributed by atoms with E-state index in [1.165, 1.54) is 0 Å². The molecule has 0 unspecified atom stereocenters. The van der Waals surface area contributed by atoms with Gasteiger partial charge in [-0.25, -0.2) is 15.0 Å². The minimum atomic E-state index is -4.51. The van der Waals surface area contributed by atoms with Gasteiger partial charge in [-0.05, 0) is 55.3 Å². The molecule has 3 aromatic rings. The lowest BCUT2D eigenvalue weighted by Gasteiger charge is -2.09. The van der Waals surface area contributed by atoms with Crippen LogP contribution in [-0.2, 0) is 17.4 Å². The van der Waals surface area contributed by atoms with Gasteiger partial charge in [-0.15, -0.1) is 0 Å². The largest absolute Gasteiger partial charge is 0.416 e. The van der Waals surface area contributed by atoms with E-state index in [0.717, 1.165) is 48.0 Å². The molecular weight excluding hydrogens is 471 g/mol. The van der Waals surface area contributed by atoms with Gasteiger partial charge in [0.1, 0.15) is 5.82 Å². The van der Waals surface area contributed by atoms with E-state index in [1.54, 1.807) is 24.5 Å². The van der Waals surface area contributed by atoms with E-state index in [1.807, 2.05) is 29.9 Å². The number of halogens is 3. The Bertz CT molecular complexity index is 1310. The Morgan fingerprint density at radius 2 is 1.97 bits per heavy atom. The molecule has 186 valence electrons. The second kappa shape index (κ2) is 10.5. The molecule has 1 aliphatic rings. The highest BCUT2D eigenvalue weighted by molar-refractivity contribution is 5.97. The minimum absolute atomic E-state index is 0.0118. The van der Waals surface area contributed by atoms with Crippen molar-refractivity contribution < 1.29 is 18.0 Å². The summed E-state index contributed by atoms with van der Waals surface area (Å²) in [6.45, 7) is 5.44. The van der Waals surface area contributed by atoms with Crippen molar-refractivity contribution in [2.24, 2.45) is 9.98 Å². The number of alkyl halides is 3. The second-order valence-electron chi connectivity index (χ2n) is 8.34. The Balaban J connectivity index is 1.35. The monoisotopic (exact) mass is 495 g/mol. The van der Waals surface area contributed by atoms with Crippen LogP contribution in [0.4, 0.5) is 24.7 Å². The fraction of sp³-hybridized carbons (Fsp3) is 0.240. The Morgan fingerprint density at radius 3 is 2.64 bits per heavy atom. The number of carbonyl (C=O) groups is 1. The number of pyridine rings is 1. The Morgan fingerprint density at radius 1 is 1.22 bits per heavy atom. The normalized spacial score (nSPS) is 14.4. The number of nitrogens with zero attached hydrogens (tertiary/aromatic N) is 5. The van der Waals surface area contributed by atoms with Gasteiger partial charge in [-0.2, -0.15) is 18.3 Å². The molecule has 0 bridgehead atoms. The molecule has 2 N–H and O–H groups in total. The summed E-state index contributed by atoms with van der Waals surface area (Å²) in [6.07, 6.45) is 4.05. The molecule has 0 saturated heterocycles. The van der Waals surface area contributed by atoms with Crippen molar-refractivity contribution in [1.82, 2.24) is 14.8 Å². The third-order valence-electron chi connectivity index (χ3n) is 5.44. The fourth-order valence-corrected chi connectivity index (χ4v) is 3.35. The van der Waals surface area contributed by atoms with Crippen LogP contribution in [0.2, 0.25) is 0 Å². The molecule has 0 spiro atoms. The van der Waals surface area contributed by atoms with Gasteiger partial charge in [-0.3, -0.25) is 9.48 Å². The molecule has 8 nitrogen and oxygen atoms in total. The molecule has 2 heterocycles. The van der Waals surface area contributed by atoms with E-state index in [0.29, 0.717) is 17.6 Å². The maximum atomic E-state index is 12.8. The molecule has 36 heavy (non-hydrogen) atoms. The lowest BCUT2D eigenvalue weighted by molar-refractivity contribution is -0.137. The summed E-state index contributed by atoms with van der Waals surface area (Å²) in [4.78, 5) is 24.3. The molecular formula is C25H24F3N7O. The van der Waals surface area contributed by atoms with Crippen LogP contribution >= 0.6 is 0 Å². The topological polar surface area (TPSA) is 96.6 Å². The number of hydrogen-bond acceptors (Lipinski definition) is 4. The van der Waals surface area contributed by atoms with Crippen molar-refractivity contribution >= 4 is 35.7 Å². The van der Waals surface area contributed by atoms with E-state index in [2.05, 4.69) is 37.4 Å². The predicted octanol–water partition coefficient (Wildman–Crippen LogP) is 5.34. The zero-order valence-corrected chi connectivity index (χ0v) is 19.5. The first kappa shape index (κ1) is 24.8. The van der Waals surface area contributed by atoms with Crippen LogP contribution in [0.15, 0.2) is 71.2 Å². The van der Waals surface area contributed by atoms with Crippen molar-refractivity contribution in [3.63, 3.8) is 0 Å². The number of amides is 1. The van der Waals surface area contributed by atoms with Crippen molar-refractivity contribution in [1.29, 1.82) is 0 Å². The molecule has 4 rings (SSSR count). The van der Waals surface area contributed by atoms with Crippen LogP contribution in [0.5, 0.6) is 0 Å². The SMILES string of the molecule is C=NC(=N/C=C(\C)c1ccc(CC(=O)Nc2cc(C(F)(F)F)ccn2)cc1)Nc1cnn(C2CC2)c1. The third-order valence-corrected chi connectivity index (χ3v) is 5.44. The van der Waals surface area contributed by atoms with Crippen molar-refractivity contribution in [2.75, 3.05) is 10.6 Å². The highest BCUT2D eigenvalue weighted by atomic mass is 19.4. The molecule has 1 fully saturated rings. The molecule has 1 aromatic carbocycles. The lowest BCUT2D eigenvalue weighted by atomic mass is 10.0. The molecule has 1 aliphatic carbocycles. The quantitative estimate of drug-likeness (QED) is 0.342. The van der Waals surface area contributed by atoms with E-state index >= 15 is 0 Å². The Hall–Kier alpha value is -4.28. The molecule has 0 radical (unpaired) electrons. The Kier molecular flexibility index (Phi) is 7.28. The highest BCUT2D eigenvalue weighted by Gasteiger charge is 2.30. The van der Waals surface area contributed by atoms with Gasteiger partial charge < -0.3 is 10.6 Å². The van der Waals surface area contributed by atoms with Gasteiger partial charge in [0.05, 0.1) is 29.9 Å². The van der Waals surface area contributed by atoms with E-state index in [9.17, 15) is 18.0 Å². The third kappa shape index (κ3) is 6.65. The van der Waals surface area contributed by atoms with E-state index < -0.39 is 17.6 Å². The first-order chi connectivity index (χ1) is 17.2. The van der Waals surface area contributed by atoms with E-state index in [4.69, 9.17) is 0 Å². The average molecular weight is 496 g/mol. The van der Waals surface area contributed by atoms with Gasteiger partial charge in [0.2, 0.25) is 11.9 Å². The van der Waals surface area contributed by atoms with Crippen molar-refractivity contribution in [3.05, 3.63) is 77.9 Å². The van der Waals surface area contributed by atoms with Gasteiger partial charge in [0.15, 0.2) is 0 Å². The van der Waals surface area contributed by atoms with Crippen molar-refractivity contribution in [2.45, 2.75) is 38.4 Å². The smallest absolute Gasteiger partial charge is 0.322 e. The number of guanidine groups is 1. The number of anilines is 2. The zero-order chi connectivity index (χ0) is 25.7. The average Bonchev–Trinajstić information content (AvgIpc) is 3.60. The number of rotatable bonds is 7. The number of carbonyl (C=O) groups excluding carboxylic acids is 1. The fourth-order valence-electron chi connectivity index (χ4n) is 3.35. The molecule has 0 aliphatic heterocycles. The number of aliphatic imine (C=N–C) groups is 2. The van der Waals surface area contributed by atoms with Crippen molar-refractivity contribution in [3.8, 4) is 0 Å². The standard InChI is InChI=1S/C25H24F3N7O/c1-16(13-31-24(29-2)33-20-14-32-35(15-20)21-7-8-21)18-5-3-17(4-6-18)11-23(36)34-22-12-19(9-10-30-22)25(26,27)28/h3-6,9-10,12-15,21H,2,7-8,11H2,1H3,(H,31,33)(H,30,34,36)/b16-13+. The summed E-state index contributed by atoms with van der Waals surface area (Å²) in [5, 5.41) is 9.80. The minimum Gasteiger partial charge on any atom is -0.322 e. The molecule has 0 atom stereocenters. The Labute approximate surface area is 205 Å². The maximum absolute atomic E-state index is 12.8. The summed E-state index contributed by atoms with van der Waals surface area (Å²) in [5.41, 5.74) is 2.34. The van der Waals surface area contributed by atoms with Crippen LogP contribution in [0.3, 0.4) is 0 Å². The molecule has 1 amide bonds. The van der Waals surface area contributed by atoms with Gasteiger partial charge >= 0.3 is 6.18 Å². The zero-order valence-electron chi connectivity index (χ0n) is 19.5. The van der Waals surface area contributed by atoms with Crippen LogP contribution in [-0.4, -0.2) is 33.3 Å². The predicted molar refractivity (Wildman–Crippen MR) is 133 cm³/mol. The number of hydrogen-bond donors (Lipinski definition) is 2. The highest BCUT2D eigenvalue weighted by Crippen LogP contribution is 2.34. The van der Waals surface area contributed by atoms with Gasteiger partial charge in [0, 0.05) is 18.6 Å². The summed E-state index contributed by atoms with van der Waals surface area (Å²) >= 11 is 0. The van der Waals surface area contributed by atoms with Gasteiger partial charge in [0.25, 0.3) is 0 Å². The first-order valence-corrected chi connectivity index (χ1v) is 11.2. The first-order valence-electron chi connectivity index (χ1n) is 11.2. The summed E-state index contributed by atoms with van der Waals surface area (Å²) in [5.74, 6) is -0.284. The number of allylic oxidation sites excluding steroid dienone is 1. The maximum Gasteiger partial charge on any atom is 0.416 e. The van der Waals surface area contributed by atoms with Crippen LogP contribution in [0.25, 0.3) is 5.57 Å². The number of benzene rings is 1. The van der Waals surface area contributed by atoms with Crippen LogP contribution in [0, 0.1) is 0 Å². The summed E-state index contributed by atoms with van der Waals surface area (Å²) in [6, 6.07) is 9.34. The number of nitrogens with one attached hydrogen (secondary N) is 2.